The minimum absolute atomic E-state index is 0.109. The van der Waals surface area contributed by atoms with E-state index in [0.717, 1.165) is 12.8 Å². The van der Waals surface area contributed by atoms with Crippen molar-refractivity contribution in [1.29, 1.82) is 0 Å². The second kappa shape index (κ2) is 6.34. The highest BCUT2D eigenvalue weighted by atomic mass is 32.1. The zero-order valence-electron chi connectivity index (χ0n) is 12.1. The van der Waals surface area contributed by atoms with Gasteiger partial charge >= 0.3 is 0 Å². The number of aryl methyl sites for hydroxylation is 2. The summed E-state index contributed by atoms with van der Waals surface area (Å²) in [6.45, 7) is 1.80. The van der Waals surface area contributed by atoms with E-state index in [9.17, 15) is 4.79 Å². The topological polar surface area (TPSA) is 72.7 Å². The lowest BCUT2D eigenvalue weighted by molar-refractivity contribution is -0.119. The van der Waals surface area contributed by atoms with Crippen LogP contribution in [0.25, 0.3) is 0 Å². The number of rotatable bonds is 3. The lowest BCUT2D eigenvalue weighted by atomic mass is 10.0. The molecule has 0 fully saturated rings. The monoisotopic (exact) mass is 305 g/mol. The SMILES string of the molecule is C[C@@H](C(=O)Nc1nc2c(s1)CCCCCC2)n1cncn1. The molecule has 1 amide bonds. The van der Waals surface area contributed by atoms with Crippen molar-refractivity contribution in [2.24, 2.45) is 0 Å². The van der Waals surface area contributed by atoms with Crippen LogP contribution in [-0.4, -0.2) is 25.7 Å². The predicted octanol–water partition coefficient (Wildman–Crippen LogP) is 2.59. The summed E-state index contributed by atoms with van der Waals surface area (Å²) in [5.41, 5.74) is 1.17. The van der Waals surface area contributed by atoms with E-state index >= 15 is 0 Å². The summed E-state index contributed by atoms with van der Waals surface area (Å²) in [4.78, 5) is 22.0. The van der Waals surface area contributed by atoms with Crippen LogP contribution in [0.15, 0.2) is 12.7 Å². The molecule has 7 heteroatoms. The molecular weight excluding hydrogens is 286 g/mol. The van der Waals surface area contributed by atoms with Crippen LogP contribution < -0.4 is 5.32 Å². The van der Waals surface area contributed by atoms with Gasteiger partial charge in [0.1, 0.15) is 18.7 Å². The third-order valence-corrected chi connectivity index (χ3v) is 4.86. The zero-order chi connectivity index (χ0) is 14.7. The maximum Gasteiger partial charge on any atom is 0.250 e. The van der Waals surface area contributed by atoms with Gasteiger partial charge in [0.2, 0.25) is 0 Å². The van der Waals surface area contributed by atoms with Crippen molar-refractivity contribution in [2.45, 2.75) is 51.5 Å². The van der Waals surface area contributed by atoms with Crippen LogP contribution in [0, 0.1) is 0 Å². The maximum atomic E-state index is 12.2. The fourth-order valence-electron chi connectivity index (χ4n) is 2.51. The van der Waals surface area contributed by atoms with E-state index in [1.807, 2.05) is 0 Å². The molecule has 0 spiro atoms. The molecule has 2 aromatic heterocycles. The van der Waals surface area contributed by atoms with E-state index in [4.69, 9.17) is 0 Å². The first-order chi connectivity index (χ1) is 10.2. The number of nitrogens with one attached hydrogen (secondary N) is 1. The lowest BCUT2D eigenvalue weighted by Gasteiger charge is -2.09. The van der Waals surface area contributed by atoms with Crippen molar-refractivity contribution in [3.63, 3.8) is 0 Å². The average molecular weight is 305 g/mol. The van der Waals surface area contributed by atoms with Gasteiger partial charge in [-0.15, -0.1) is 11.3 Å². The molecule has 6 nitrogen and oxygen atoms in total. The van der Waals surface area contributed by atoms with Crippen molar-refractivity contribution in [1.82, 2.24) is 19.7 Å². The quantitative estimate of drug-likeness (QED) is 0.946. The smallest absolute Gasteiger partial charge is 0.250 e. The van der Waals surface area contributed by atoms with Crippen LogP contribution in [0.4, 0.5) is 5.13 Å². The van der Waals surface area contributed by atoms with Crippen molar-refractivity contribution in [2.75, 3.05) is 5.32 Å². The number of carbonyl (C=O) groups excluding carboxylic acids is 1. The third-order valence-electron chi connectivity index (χ3n) is 3.79. The molecule has 1 aliphatic rings. The number of nitrogens with zero attached hydrogens (tertiary/aromatic N) is 4. The average Bonchev–Trinajstić information content (AvgIpc) is 3.08. The highest BCUT2D eigenvalue weighted by Crippen LogP contribution is 2.28. The summed E-state index contributed by atoms with van der Waals surface area (Å²) < 4.78 is 1.54. The number of amides is 1. The molecule has 0 aromatic carbocycles. The molecule has 0 aliphatic heterocycles. The van der Waals surface area contributed by atoms with Crippen molar-refractivity contribution in [3.05, 3.63) is 23.2 Å². The zero-order valence-corrected chi connectivity index (χ0v) is 12.9. The highest BCUT2D eigenvalue weighted by molar-refractivity contribution is 7.15. The van der Waals surface area contributed by atoms with Crippen LogP contribution in [0.2, 0.25) is 0 Å². The molecule has 0 saturated carbocycles. The number of anilines is 1. The molecule has 0 saturated heterocycles. The molecular formula is C14H19N5OS. The normalized spacial score (nSPS) is 16.6. The van der Waals surface area contributed by atoms with Crippen molar-refractivity contribution < 1.29 is 4.79 Å². The Labute approximate surface area is 127 Å². The van der Waals surface area contributed by atoms with Gasteiger partial charge in [0.25, 0.3) is 5.91 Å². The highest BCUT2D eigenvalue weighted by Gasteiger charge is 2.19. The van der Waals surface area contributed by atoms with Gasteiger partial charge in [-0.25, -0.2) is 14.6 Å². The van der Waals surface area contributed by atoms with Gasteiger partial charge < -0.3 is 5.32 Å². The minimum atomic E-state index is -0.390. The first-order valence-corrected chi connectivity index (χ1v) is 8.19. The number of carbonyl (C=O) groups is 1. The molecule has 0 bridgehead atoms. The number of hydrogen-bond donors (Lipinski definition) is 1. The van der Waals surface area contributed by atoms with Gasteiger partial charge in [-0.3, -0.25) is 4.79 Å². The number of thiazole rings is 1. The fraction of sp³-hybridized carbons (Fsp3) is 0.571. The van der Waals surface area contributed by atoms with E-state index < -0.39 is 0 Å². The molecule has 0 radical (unpaired) electrons. The van der Waals surface area contributed by atoms with E-state index in [1.54, 1.807) is 29.3 Å². The van der Waals surface area contributed by atoms with Gasteiger partial charge in [0.05, 0.1) is 5.69 Å². The van der Waals surface area contributed by atoms with E-state index in [-0.39, 0.29) is 11.9 Å². The predicted molar refractivity (Wildman–Crippen MR) is 81.4 cm³/mol. The summed E-state index contributed by atoms with van der Waals surface area (Å²) >= 11 is 1.61. The first kappa shape index (κ1) is 14.2. The third kappa shape index (κ3) is 3.29. The summed E-state index contributed by atoms with van der Waals surface area (Å²) in [5.74, 6) is -0.109. The number of fused-ring (bicyclic) bond motifs is 1. The summed E-state index contributed by atoms with van der Waals surface area (Å²) in [7, 11) is 0. The fourth-order valence-corrected chi connectivity index (χ4v) is 3.56. The van der Waals surface area contributed by atoms with Crippen LogP contribution >= 0.6 is 11.3 Å². The van der Waals surface area contributed by atoms with Crippen LogP contribution in [-0.2, 0) is 17.6 Å². The Hall–Kier alpha value is -1.76. The van der Waals surface area contributed by atoms with Crippen LogP contribution in [0.5, 0.6) is 0 Å². The molecule has 1 atom stereocenters. The molecule has 0 unspecified atom stereocenters. The number of hydrogen-bond acceptors (Lipinski definition) is 5. The largest absolute Gasteiger partial charge is 0.300 e. The van der Waals surface area contributed by atoms with Gasteiger partial charge in [0, 0.05) is 4.88 Å². The second-order valence-electron chi connectivity index (χ2n) is 5.34. The summed E-state index contributed by atoms with van der Waals surface area (Å²) in [6, 6.07) is -0.390. The Balaban J connectivity index is 1.70. The first-order valence-electron chi connectivity index (χ1n) is 7.37. The Morgan fingerprint density at radius 3 is 2.90 bits per heavy atom. The molecule has 3 rings (SSSR count). The molecule has 1 aliphatic carbocycles. The standard InChI is InChI=1S/C14H19N5OS/c1-10(19-9-15-8-16-19)13(20)18-14-17-11-6-4-2-3-5-7-12(11)21-14/h8-10H,2-7H2,1H3,(H,17,18,20)/t10-/m0/s1. The minimum Gasteiger partial charge on any atom is -0.300 e. The lowest BCUT2D eigenvalue weighted by Crippen LogP contribution is -2.23. The van der Waals surface area contributed by atoms with Gasteiger partial charge in [-0.2, -0.15) is 5.10 Å². The molecule has 2 heterocycles. The molecule has 112 valence electrons. The molecule has 2 aromatic rings. The molecule has 1 N–H and O–H groups in total. The van der Waals surface area contributed by atoms with E-state index in [0.29, 0.717) is 5.13 Å². The van der Waals surface area contributed by atoms with Crippen molar-refractivity contribution in [3.8, 4) is 0 Å². The molecule has 21 heavy (non-hydrogen) atoms. The summed E-state index contributed by atoms with van der Waals surface area (Å²) in [5, 5.41) is 7.61. The van der Waals surface area contributed by atoms with Gasteiger partial charge in [0.15, 0.2) is 5.13 Å². The second-order valence-corrected chi connectivity index (χ2v) is 6.43. The Kier molecular flexibility index (Phi) is 4.28. The van der Waals surface area contributed by atoms with Crippen molar-refractivity contribution >= 4 is 22.4 Å². The Morgan fingerprint density at radius 1 is 1.33 bits per heavy atom. The number of aromatic nitrogens is 4. The van der Waals surface area contributed by atoms with E-state index in [2.05, 4.69) is 20.4 Å². The summed E-state index contributed by atoms with van der Waals surface area (Å²) in [6.07, 6.45) is 10.1. The van der Waals surface area contributed by atoms with Gasteiger partial charge in [-0.1, -0.05) is 12.8 Å². The van der Waals surface area contributed by atoms with Crippen LogP contribution in [0.1, 0.15) is 49.2 Å². The Morgan fingerprint density at radius 2 is 2.14 bits per heavy atom. The van der Waals surface area contributed by atoms with Gasteiger partial charge in [-0.05, 0) is 32.6 Å². The maximum absolute atomic E-state index is 12.2. The van der Waals surface area contributed by atoms with E-state index in [1.165, 1.54) is 42.6 Å². The van der Waals surface area contributed by atoms with Crippen LogP contribution in [0.3, 0.4) is 0 Å². The Bertz CT molecular complexity index is 581.